The number of hydrogen-bond acceptors (Lipinski definition) is 2. The van der Waals surface area contributed by atoms with Gasteiger partial charge in [-0.2, -0.15) is 0 Å². The van der Waals surface area contributed by atoms with E-state index in [1.807, 2.05) is 49.0 Å². The van der Waals surface area contributed by atoms with E-state index in [0.717, 1.165) is 21.7 Å². The molecule has 0 aliphatic rings. The topological polar surface area (TPSA) is 27.1 Å². The quantitative estimate of drug-likeness (QED) is 0.864. The van der Waals surface area contributed by atoms with Gasteiger partial charge in [0, 0.05) is 13.2 Å². The number of nitrogens with zero attached hydrogens (tertiary/aromatic N) is 2. The summed E-state index contributed by atoms with van der Waals surface area (Å²) in [5, 5.41) is 0. The molecular formula is C12H13BrN2O. The Kier molecular flexibility index (Phi) is 3.29. The second-order valence-electron chi connectivity index (χ2n) is 3.67. The van der Waals surface area contributed by atoms with Crippen LogP contribution in [0.3, 0.4) is 0 Å². The van der Waals surface area contributed by atoms with Gasteiger partial charge in [0.25, 0.3) is 0 Å². The van der Waals surface area contributed by atoms with Crippen molar-refractivity contribution >= 4 is 15.9 Å². The fraction of sp³-hybridized carbons (Fsp3) is 0.250. The molecule has 0 fully saturated rings. The maximum absolute atomic E-state index is 5.69. The molecule has 0 saturated carbocycles. The normalized spacial score (nSPS) is 10.4. The van der Waals surface area contributed by atoms with Crippen LogP contribution in [-0.2, 0) is 13.7 Å². The van der Waals surface area contributed by atoms with Gasteiger partial charge in [-0.1, -0.05) is 18.2 Å². The van der Waals surface area contributed by atoms with Crippen LogP contribution < -0.4 is 4.74 Å². The number of imidazole rings is 1. The molecule has 0 unspecified atom stereocenters. The van der Waals surface area contributed by atoms with Crippen molar-refractivity contribution in [1.82, 2.24) is 9.55 Å². The highest BCUT2D eigenvalue weighted by Gasteiger charge is 2.04. The van der Waals surface area contributed by atoms with Crippen LogP contribution in [0.25, 0.3) is 0 Å². The lowest BCUT2D eigenvalue weighted by molar-refractivity contribution is 0.299. The number of aryl methyl sites for hydroxylation is 2. The van der Waals surface area contributed by atoms with Crippen LogP contribution >= 0.6 is 15.9 Å². The first kappa shape index (κ1) is 11.2. The monoisotopic (exact) mass is 280 g/mol. The molecule has 1 aromatic heterocycles. The van der Waals surface area contributed by atoms with Crippen molar-refractivity contribution < 1.29 is 4.74 Å². The number of aromatic nitrogens is 2. The Hall–Kier alpha value is -1.29. The van der Waals surface area contributed by atoms with E-state index in [0.29, 0.717) is 6.61 Å². The molecule has 0 aliphatic heterocycles. The molecule has 2 rings (SSSR count). The number of hydrogen-bond donors (Lipinski definition) is 0. The number of para-hydroxylation sites is 1. The summed E-state index contributed by atoms with van der Waals surface area (Å²) < 4.78 is 8.42. The zero-order valence-electron chi connectivity index (χ0n) is 9.27. The van der Waals surface area contributed by atoms with Crippen molar-refractivity contribution in [3.05, 3.63) is 46.5 Å². The Balaban J connectivity index is 2.05. The van der Waals surface area contributed by atoms with Crippen molar-refractivity contribution in [3.63, 3.8) is 0 Å². The van der Waals surface area contributed by atoms with Crippen LogP contribution in [0.2, 0.25) is 0 Å². The number of ether oxygens (including phenoxy) is 1. The molecule has 3 nitrogen and oxygen atoms in total. The summed E-state index contributed by atoms with van der Waals surface area (Å²) in [7, 11) is 1.94. The molecule has 0 amide bonds. The van der Waals surface area contributed by atoms with Gasteiger partial charge >= 0.3 is 0 Å². The van der Waals surface area contributed by atoms with Crippen molar-refractivity contribution in [3.8, 4) is 5.75 Å². The molecule has 0 atom stereocenters. The molecule has 1 heterocycles. The van der Waals surface area contributed by atoms with Crippen LogP contribution in [0.1, 0.15) is 11.3 Å². The maximum atomic E-state index is 5.69. The molecule has 84 valence electrons. The molecule has 0 radical (unpaired) electrons. The minimum Gasteiger partial charge on any atom is -0.487 e. The third kappa shape index (κ3) is 2.44. The van der Waals surface area contributed by atoms with Crippen molar-refractivity contribution in [2.24, 2.45) is 7.05 Å². The van der Waals surface area contributed by atoms with Crippen molar-refractivity contribution in [2.45, 2.75) is 13.5 Å². The van der Waals surface area contributed by atoms with Gasteiger partial charge in [-0.25, -0.2) is 4.98 Å². The zero-order chi connectivity index (χ0) is 11.5. The highest BCUT2D eigenvalue weighted by atomic mass is 79.9. The summed E-state index contributed by atoms with van der Waals surface area (Å²) >= 11 is 3.35. The molecule has 16 heavy (non-hydrogen) atoms. The summed E-state index contributed by atoms with van der Waals surface area (Å²) in [5.74, 6) is 0.907. The third-order valence-corrected chi connectivity index (χ3v) is 3.08. The lowest BCUT2D eigenvalue weighted by Gasteiger charge is -2.06. The number of benzene rings is 1. The van der Waals surface area contributed by atoms with Crippen molar-refractivity contribution in [1.29, 1.82) is 0 Å². The fourth-order valence-electron chi connectivity index (χ4n) is 1.44. The third-order valence-electron chi connectivity index (χ3n) is 2.34. The van der Waals surface area contributed by atoms with E-state index in [-0.39, 0.29) is 0 Å². The SMILES string of the molecule is Cc1ccccc1OCc1cn(C)c(Br)n1. The van der Waals surface area contributed by atoms with Gasteiger partial charge in [0.2, 0.25) is 0 Å². The lowest BCUT2D eigenvalue weighted by atomic mass is 10.2. The van der Waals surface area contributed by atoms with E-state index in [2.05, 4.69) is 20.9 Å². The molecule has 0 saturated heterocycles. The van der Waals surface area contributed by atoms with Gasteiger partial charge in [-0.3, -0.25) is 0 Å². The molecule has 0 N–H and O–H groups in total. The van der Waals surface area contributed by atoms with Crippen LogP contribution in [0.4, 0.5) is 0 Å². The number of rotatable bonds is 3. The second-order valence-corrected chi connectivity index (χ2v) is 4.38. The Morgan fingerprint density at radius 3 is 2.75 bits per heavy atom. The maximum Gasteiger partial charge on any atom is 0.177 e. The summed E-state index contributed by atoms with van der Waals surface area (Å²) in [6.07, 6.45) is 1.95. The van der Waals surface area contributed by atoms with Crippen LogP contribution in [0, 0.1) is 6.92 Å². The van der Waals surface area contributed by atoms with Gasteiger partial charge in [0.15, 0.2) is 4.73 Å². The first-order valence-corrected chi connectivity index (χ1v) is 5.82. The molecular weight excluding hydrogens is 268 g/mol. The first-order chi connectivity index (χ1) is 7.66. The van der Waals surface area contributed by atoms with Crippen LogP contribution in [0.15, 0.2) is 35.2 Å². The van der Waals surface area contributed by atoms with E-state index in [4.69, 9.17) is 4.74 Å². The fourth-order valence-corrected chi connectivity index (χ4v) is 1.77. The van der Waals surface area contributed by atoms with E-state index in [9.17, 15) is 0 Å². The molecule has 4 heteroatoms. The molecule has 0 spiro atoms. The summed E-state index contributed by atoms with van der Waals surface area (Å²) in [5.41, 5.74) is 2.05. The van der Waals surface area contributed by atoms with E-state index < -0.39 is 0 Å². The van der Waals surface area contributed by atoms with Gasteiger partial charge < -0.3 is 9.30 Å². The second kappa shape index (κ2) is 4.70. The molecule has 0 bridgehead atoms. The highest BCUT2D eigenvalue weighted by Crippen LogP contribution is 2.18. The predicted molar refractivity (Wildman–Crippen MR) is 66.4 cm³/mol. The highest BCUT2D eigenvalue weighted by molar-refractivity contribution is 9.10. The summed E-state index contributed by atoms with van der Waals surface area (Å²) in [6.45, 7) is 2.52. The van der Waals surface area contributed by atoms with Gasteiger partial charge in [0.1, 0.15) is 12.4 Å². The van der Waals surface area contributed by atoms with Crippen molar-refractivity contribution in [2.75, 3.05) is 0 Å². The predicted octanol–water partition coefficient (Wildman–Crippen LogP) is 3.07. The average Bonchev–Trinajstić information content (AvgIpc) is 2.57. The minimum atomic E-state index is 0.490. The molecule has 1 aromatic carbocycles. The Bertz CT molecular complexity index is 474. The minimum absolute atomic E-state index is 0.490. The Morgan fingerprint density at radius 1 is 1.38 bits per heavy atom. The van der Waals surface area contributed by atoms with Gasteiger partial charge in [-0.15, -0.1) is 0 Å². The average molecular weight is 281 g/mol. The largest absolute Gasteiger partial charge is 0.487 e. The first-order valence-electron chi connectivity index (χ1n) is 5.03. The van der Waals surface area contributed by atoms with Gasteiger partial charge in [-0.05, 0) is 34.5 Å². The standard InChI is InChI=1S/C12H13BrN2O/c1-9-5-3-4-6-11(9)16-8-10-7-15(2)12(13)14-10/h3-7H,8H2,1-2H3. The Morgan fingerprint density at radius 2 is 2.12 bits per heavy atom. The summed E-state index contributed by atoms with van der Waals surface area (Å²) in [6, 6.07) is 7.97. The Labute approximate surface area is 103 Å². The van der Waals surface area contributed by atoms with E-state index >= 15 is 0 Å². The number of halogens is 1. The molecule has 2 aromatic rings. The van der Waals surface area contributed by atoms with E-state index in [1.165, 1.54) is 0 Å². The van der Waals surface area contributed by atoms with Crippen LogP contribution in [-0.4, -0.2) is 9.55 Å². The smallest absolute Gasteiger partial charge is 0.177 e. The van der Waals surface area contributed by atoms with Gasteiger partial charge in [0.05, 0.1) is 5.69 Å². The lowest BCUT2D eigenvalue weighted by Crippen LogP contribution is -1.97. The zero-order valence-corrected chi connectivity index (χ0v) is 10.9. The van der Waals surface area contributed by atoms with E-state index in [1.54, 1.807) is 0 Å². The summed E-state index contributed by atoms with van der Waals surface area (Å²) in [4.78, 5) is 4.31. The van der Waals surface area contributed by atoms with Crippen LogP contribution in [0.5, 0.6) is 5.75 Å². The molecule has 0 aliphatic carbocycles.